The lowest BCUT2D eigenvalue weighted by molar-refractivity contribution is -0.129. The molecule has 9 heteroatoms. The van der Waals surface area contributed by atoms with E-state index in [1.807, 2.05) is 12.1 Å². The first-order valence-electron chi connectivity index (χ1n) is 10.8. The number of furan rings is 1. The molecule has 34 heavy (non-hydrogen) atoms. The van der Waals surface area contributed by atoms with E-state index in [2.05, 4.69) is 10.2 Å². The van der Waals surface area contributed by atoms with Gasteiger partial charge in [0.2, 0.25) is 5.91 Å². The zero-order valence-corrected chi connectivity index (χ0v) is 19.6. The first-order valence-corrected chi connectivity index (χ1v) is 11.1. The summed E-state index contributed by atoms with van der Waals surface area (Å²) in [5.74, 6) is -0.271. The van der Waals surface area contributed by atoms with Crippen LogP contribution >= 0.6 is 11.6 Å². The smallest absolute Gasteiger partial charge is 0.337 e. The van der Waals surface area contributed by atoms with Gasteiger partial charge in [0.1, 0.15) is 5.76 Å². The van der Waals surface area contributed by atoms with Crippen LogP contribution < -0.4 is 10.2 Å². The second-order valence-electron chi connectivity index (χ2n) is 7.84. The number of piperazine rings is 1. The highest BCUT2D eigenvalue weighted by Gasteiger charge is 2.23. The second-order valence-corrected chi connectivity index (χ2v) is 8.28. The average molecular weight is 482 g/mol. The molecule has 0 aliphatic carbocycles. The monoisotopic (exact) mass is 481 g/mol. The predicted octanol–water partition coefficient (Wildman–Crippen LogP) is 4.31. The Balaban J connectivity index is 1.58. The number of nitrogens with one attached hydrogen (secondary N) is 1. The summed E-state index contributed by atoms with van der Waals surface area (Å²) in [4.78, 5) is 40.6. The molecule has 8 nitrogen and oxygen atoms in total. The van der Waals surface area contributed by atoms with Crippen molar-refractivity contribution in [2.24, 2.45) is 0 Å². The van der Waals surface area contributed by atoms with Crippen molar-refractivity contribution < 1.29 is 23.5 Å². The summed E-state index contributed by atoms with van der Waals surface area (Å²) in [6.45, 7) is 3.89. The Bertz CT molecular complexity index is 1210. The highest BCUT2D eigenvalue weighted by Crippen LogP contribution is 2.30. The topological polar surface area (TPSA) is 92.1 Å². The van der Waals surface area contributed by atoms with Gasteiger partial charge < -0.3 is 24.3 Å². The number of carbonyl (C=O) groups excluding carboxylic acids is 3. The Hall–Kier alpha value is -3.78. The minimum atomic E-state index is -0.508. The van der Waals surface area contributed by atoms with Crippen molar-refractivity contribution in [3.05, 3.63) is 70.9 Å². The van der Waals surface area contributed by atoms with Crippen molar-refractivity contribution in [2.75, 3.05) is 43.5 Å². The minimum Gasteiger partial charge on any atom is -0.465 e. The second kappa shape index (κ2) is 10.0. The van der Waals surface area contributed by atoms with Gasteiger partial charge in [-0.05, 0) is 54.6 Å². The molecule has 1 aliphatic rings. The lowest BCUT2D eigenvalue weighted by Gasteiger charge is -2.36. The van der Waals surface area contributed by atoms with Gasteiger partial charge in [0.15, 0.2) is 5.76 Å². The maximum absolute atomic E-state index is 13.0. The summed E-state index contributed by atoms with van der Waals surface area (Å²) in [6, 6.07) is 15.4. The number of carbonyl (C=O) groups is 3. The lowest BCUT2D eigenvalue weighted by atomic mass is 10.1. The fraction of sp³-hybridized carbons (Fsp3) is 0.240. The molecular weight excluding hydrogens is 458 g/mol. The Morgan fingerprint density at radius 1 is 0.971 bits per heavy atom. The molecule has 3 aromatic rings. The van der Waals surface area contributed by atoms with E-state index in [1.165, 1.54) is 7.11 Å². The molecule has 1 aromatic heterocycles. The van der Waals surface area contributed by atoms with Gasteiger partial charge in [-0.25, -0.2) is 4.79 Å². The summed E-state index contributed by atoms with van der Waals surface area (Å²) in [5, 5.41) is 3.47. The van der Waals surface area contributed by atoms with Gasteiger partial charge >= 0.3 is 5.97 Å². The maximum Gasteiger partial charge on any atom is 0.337 e. The van der Waals surface area contributed by atoms with Crippen molar-refractivity contribution >= 4 is 40.8 Å². The number of methoxy groups -OCH3 is 1. The highest BCUT2D eigenvalue weighted by molar-refractivity contribution is 6.30. The van der Waals surface area contributed by atoms with Gasteiger partial charge in [-0.1, -0.05) is 11.6 Å². The molecule has 0 atom stereocenters. The Morgan fingerprint density at radius 3 is 2.32 bits per heavy atom. The van der Waals surface area contributed by atoms with Crippen molar-refractivity contribution in [3.63, 3.8) is 0 Å². The van der Waals surface area contributed by atoms with Gasteiger partial charge in [0.05, 0.1) is 24.0 Å². The van der Waals surface area contributed by atoms with E-state index in [0.717, 1.165) is 11.3 Å². The van der Waals surface area contributed by atoms with Crippen molar-refractivity contribution in [3.8, 4) is 11.3 Å². The Kier molecular flexibility index (Phi) is 6.88. The summed E-state index contributed by atoms with van der Waals surface area (Å²) in [7, 11) is 1.30. The van der Waals surface area contributed by atoms with E-state index in [9.17, 15) is 14.4 Å². The summed E-state index contributed by atoms with van der Waals surface area (Å²) < 4.78 is 10.6. The number of ether oxygens (including phenoxy) is 1. The van der Waals surface area contributed by atoms with Gasteiger partial charge in [0, 0.05) is 43.7 Å². The number of esters is 1. The highest BCUT2D eigenvalue weighted by atomic mass is 35.5. The first-order chi connectivity index (χ1) is 16.4. The van der Waals surface area contributed by atoms with E-state index < -0.39 is 11.9 Å². The molecule has 4 rings (SSSR count). The first kappa shape index (κ1) is 23.4. The van der Waals surface area contributed by atoms with Crippen LogP contribution in [0.25, 0.3) is 11.3 Å². The lowest BCUT2D eigenvalue weighted by Crippen LogP contribution is -2.48. The Morgan fingerprint density at radius 2 is 1.68 bits per heavy atom. The Labute approximate surface area is 202 Å². The molecule has 0 bridgehead atoms. The van der Waals surface area contributed by atoms with Crippen LogP contribution in [0, 0.1) is 0 Å². The average Bonchev–Trinajstić information content (AvgIpc) is 3.34. The predicted molar refractivity (Wildman–Crippen MR) is 129 cm³/mol. The largest absolute Gasteiger partial charge is 0.465 e. The van der Waals surface area contributed by atoms with Crippen molar-refractivity contribution in [2.45, 2.75) is 6.92 Å². The third-order valence-corrected chi connectivity index (χ3v) is 5.94. The van der Waals surface area contributed by atoms with Crippen LogP contribution in [-0.4, -0.2) is 56.0 Å². The van der Waals surface area contributed by atoms with E-state index in [-0.39, 0.29) is 11.7 Å². The van der Waals surface area contributed by atoms with Crippen LogP contribution in [0.3, 0.4) is 0 Å². The standard InChI is InChI=1S/C25H24ClN3O5/c1-16(30)28-11-13-29(14-12-28)21-8-5-18(25(32)33-2)15-20(21)27-24(31)23-10-9-22(34-23)17-3-6-19(26)7-4-17/h3-10,15H,11-14H2,1-2H3,(H,27,31). The van der Waals surface area contributed by atoms with Gasteiger partial charge in [-0.15, -0.1) is 0 Å². The maximum atomic E-state index is 13.0. The summed E-state index contributed by atoms with van der Waals surface area (Å²) in [6.07, 6.45) is 0. The number of hydrogen-bond acceptors (Lipinski definition) is 6. The van der Waals surface area contributed by atoms with Crippen LogP contribution in [0.4, 0.5) is 11.4 Å². The van der Waals surface area contributed by atoms with Gasteiger partial charge in [-0.2, -0.15) is 0 Å². The number of anilines is 2. The summed E-state index contributed by atoms with van der Waals surface area (Å²) >= 11 is 5.94. The number of halogens is 1. The van der Waals surface area contributed by atoms with Crippen LogP contribution in [0.1, 0.15) is 27.8 Å². The fourth-order valence-corrected chi connectivity index (χ4v) is 3.96. The quantitative estimate of drug-likeness (QED) is 0.546. The number of nitrogens with zero attached hydrogens (tertiary/aromatic N) is 2. The molecule has 176 valence electrons. The molecule has 0 saturated carbocycles. The van der Waals surface area contributed by atoms with Crippen LogP contribution in [0.5, 0.6) is 0 Å². The minimum absolute atomic E-state index is 0.0310. The van der Waals surface area contributed by atoms with E-state index in [0.29, 0.717) is 48.2 Å². The fourth-order valence-electron chi connectivity index (χ4n) is 3.83. The summed E-state index contributed by atoms with van der Waals surface area (Å²) in [5.41, 5.74) is 2.30. The van der Waals surface area contributed by atoms with E-state index in [1.54, 1.807) is 54.3 Å². The number of benzene rings is 2. The zero-order chi connectivity index (χ0) is 24.2. The van der Waals surface area contributed by atoms with Crippen LogP contribution in [0.15, 0.2) is 59.0 Å². The van der Waals surface area contributed by atoms with Gasteiger partial charge in [0.25, 0.3) is 5.91 Å². The molecule has 0 radical (unpaired) electrons. The molecule has 1 fully saturated rings. The van der Waals surface area contributed by atoms with Crippen LogP contribution in [-0.2, 0) is 9.53 Å². The molecule has 2 aromatic carbocycles. The number of hydrogen-bond donors (Lipinski definition) is 1. The van der Waals surface area contributed by atoms with Crippen molar-refractivity contribution in [1.29, 1.82) is 0 Å². The molecule has 2 amide bonds. The number of rotatable bonds is 5. The normalized spacial score (nSPS) is 13.5. The third kappa shape index (κ3) is 5.07. The van der Waals surface area contributed by atoms with E-state index >= 15 is 0 Å². The zero-order valence-electron chi connectivity index (χ0n) is 18.8. The van der Waals surface area contributed by atoms with Crippen molar-refractivity contribution in [1.82, 2.24) is 4.90 Å². The van der Waals surface area contributed by atoms with Gasteiger partial charge in [-0.3, -0.25) is 9.59 Å². The molecule has 1 N–H and O–H groups in total. The van der Waals surface area contributed by atoms with Crippen LogP contribution in [0.2, 0.25) is 5.02 Å². The molecule has 2 heterocycles. The molecule has 1 aliphatic heterocycles. The molecule has 0 unspecified atom stereocenters. The molecular formula is C25H24ClN3O5. The SMILES string of the molecule is COC(=O)c1ccc(N2CCN(C(C)=O)CC2)c(NC(=O)c2ccc(-c3ccc(Cl)cc3)o2)c1. The molecule has 1 saturated heterocycles. The number of amides is 2. The van der Waals surface area contributed by atoms with E-state index in [4.69, 9.17) is 20.8 Å². The third-order valence-electron chi connectivity index (χ3n) is 5.69. The molecule has 0 spiro atoms.